The SMILES string of the molecule is O=C(CCc1nc(-c2ccccc2F)no1)Nc1ccccc1[N+](=O)[O-]. The summed E-state index contributed by atoms with van der Waals surface area (Å²) in [6.07, 6.45) is 0.0961. The number of aromatic nitrogens is 2. The van der Waals surface area contributed by atoms with Crippen LogP contribution in [0.3, 0.4) is 0 Å². The third kappa shape index (κ3) is 3.89. The number of amides is 1. The molecule has 2 aromatic carbocycles. The molecule has 0 spiro atoms. The summed E-state index contributed by atoms with van der Waals surface area (Å²) >= 11 is 0. The van der Waals surface area contributed by atoms with E-state index < -0.39 is 16.6 Å². The van der Waals surface area contributed by atoms with E-state index in [1.165, 1.54) is 30.3 Å². The number of hydrogen-bond donors (Lipinski definition) is 1. The van der Waals surface area contributed by atoms with Crippen LogP contribution in [0.15, 0.2) is 53.1 Å². The molecule has 0 saturated carbocycles. The van der Waals surface area contributed by atoms with Gasteiger partial charge in [0.15, 0.2) is 0 Å². The molecule has 1 amide bonds. The van der Waals surface area contributed by atoms with E-state index in [0.717, 1.165) is 0 Å². The van der Waals surface area contributed by atoms with Crippen molar-refractivity contribution in [3.05, 3.63) is 70.4 Å². The first kappa shape index (κ1) is 17.2. The van der Waals surface area contributed by atoms with Crippen LogP contribution in [0.25, 0.3) is 11.4 Å². The molecule has 1 N–H and O–H groups in total. The maximum atomic E-state index is 13.7. The minimum absolute atomic E-state index is 0.0229. The summed E-state index contributed by atoms with van der Waals surface area (Å²) in [5.74, 6) is -0.655. The van der Waals surface area contributed by atoms with Gasteiger partial charge in [0.05, 0.1) is 10.5 Å². The highest BCUT2D eigenvalue weighted by Gasteiger charge is 2.16. The molecule has 8 nitrogen and oxygen atoms in total. The Morgan fingerprint density at radius 2 is 1.92 bits per heavy atom. The molecule has 0 fully saturated rings. The van der Waals surface area contributed by atoms with E-state index >= 15 is 0 Å². The van der Waals surface area contributed by atoms with Crippen molar-refractivity contribution in [2.24, 2.45) is 0 Å². The fraction of sp³-hybridized carbons (Fsp3) is 0.118. The van der Waals surface area contributed by atoms with E-state index in [1.807, 2.05) is 0 Å². The summed E-state index contributed by atoms with van der Waals surface area (Å²) in [5.41, 5.74) is 0.118. The van der Waals surface area contributed by atoms with Crippen molar-refractivity contribution < 1.29 is 18.6 Å². The minimum Gasteiger partial charge on any atom is -0.339 e. The monoisotopic (exact) mass is 356 g/mol. The lowest BCUT2D eigenvalue weighted by molar-refractivity contribution is -0.383. The Kier molecular flexibility index (Phi) is 4.97. The van der Waals surface area contributed by atoms with Gasteiger partial charge in [-0.1, -0.05) is 29.4 Å². The Balaban J connectivity index is 1.63. The number of halogens is 1. The Morgan fingerprint density at radius 3 is 2.69 bits per heavy atom. The van der Waals surface area contributed by atoms with Gasteiger partial charge >= 0.3 is 0 Å². The summed E-state index contributed by atoms with van der Waals surface area (Å²) in [5, 5.41) is 17.1. The van der Waals surface area contributed by atoms with Crippen molar-refractivity contribution in [1.29, 1.82) is 0 Å². The highest BCUT2D eigenvalue weighted by atomic mass is 19.1. The van der Waals surface area contributed by atoms with Crippen LogP contribution in [0, 0.1) is 15.9 Å². The highest BCUT2D eigenvalue weighted by molar-refractivity contribution is 5.93. The van der Waals surface area contributed by atoms with E-state index in [-0.39, 0.29) is 41.5 Å². The van der Waals surface area contributed by atoms with Gasteiger partial charge in [-0.3, -0.25) is 14.9 Å². The number of carbonyl (C=O) groups is 1. The quantitative estimate of drug-likeness (QED) is 0.535. The normalized spacial score (nSPS) is 10.5. The van der Waals surface area contributed by atoms with Crippen molar-refractivity contribution in [2.75, 3.05) is 5.32 Å². The van der Waals surface area contributed by atoms with Gasteiger partial charge in [0.2, 0.25) is 17.6 Å². The van der Waals surface area contributed by atoms with E-state index in [0.29, 0.717) is 0 Å². The van der Waals surface area contributed by atoms with Crippen LogP contribution in [0.1, 0.15) is 12.3 Å². The molecule has 0 aliphatic rings. The molecule has 0 atom stereocenters. The largest absolute Gasteiger partial charge is 0.339 e. The molecule has 132 valence electrons. The van der Waals surface area contributed by atoms with E-state index in [9.17, 15) is 19.3 Å². The highest BCUT2D eigenvalue weighted by Crippen LogP contribution is 2.23. The van der Waals surface area contributed by atoms with Gasteiger partial charge in [-0.15, -0.1) is 0 Å². The van der Waals surface area contributed by atoms with Crippen LogP contribution >= 0.6 is 0 Å². The van der Waals surface area contributed by atoms with Gasteiger partial charge in [-0.25, -0.2) is 4.39 Å². The van der Waals surface area contributed by atoms with Gasteiger partial charge in [-0.05, 0) is 18.2 Å². The maximum Gasteiger partial charge on any atom is 0.292 e. The molecule has 0 bridgehead atoms. The molecule has 0 saturated heterocycles. The fourth-order valence-corrected chi connectivity index (χ4v) is 2.28. The minimum atomic E-state index is -0.575. The molecule has 26 heavy (non-hydrogen) atoms. The predicted molar refractivity (Wildman–Crippen MR) is 89.7 cm³/mol. The summed E-state index contributed by atoms with van der Waals surface area (Å²) in [4.78, 5) is 26.4. The number of nitrogens with one attached hydrogen (secondary N) is 1. The van der Waals surface area contributed by atoms with Crippen molar-refractivity contribution in [1.82, 2.24) is 10.1 Å². The number of rotatable bonds is 6. The number of para-hydroxylation sites is 2. The lowest BCUT2D eigenvalue weighted by Crippen LogP contribution is -2.13. The van der Waals surface area contributed by atoms with E-state index in [4.69, 9.17) is 4.52 Å². The number of aryl methyl sites for hydroxylation is 1. The second-order valence-corrected chi connectivity index (χ2v) is 5.31. The number of benzene rings is 2. The van der Waals surface area contributed by atoms with E-state index in [1.54, 1.807) is 18.2 Å². The first-order valence-electron chi connectivity index (χ1n) is 7.65. The average molecular weight is 356 g/mol. The number of nitrogens with zero attached hydrogens (tertiary/aromatic N) is 3. The van der Waals surface area contributed by atoms with Crippen LogP contribution < -0.4 is 5.32 Å². The molecule has 0 radical (unpaired) electrons. The Bertz CT molecular complexity index is 957. The maximum absolute atomic E-state index is 13.7. The third-order valence-corrected chi connectivity index (χ3v) is 3.52. The molecular formula is C17H13FN4O4. The van der Waals surface area contributed by atoms with Crippen molar-refractivity contribution in [3.8, 4) is 11.4 Å². The molecule has 0 unspecified atom stereocenters. The zero-order valence-corrected chi connectivity index (χ0v) is 13.4. The lowest BCUT2D eigenvalue weighted by atomic mass is 10.2. The number of anilines is 1. The second-order valence-electron chi connectivity index (χ2n) is 5.31. The van der Waals surface area contributed by atoms with Crippen LogP contribution in [-0.2, 0) is 11.2 Å². The number of carbonyl (C=O) groups excluding carboxylic acids is 1. The number of nitro groups is 1. The molecule has 1 heterocycles. The van der Waals surface area contributed by atoms with Crippen molar-refractivity contribution >= 4 is 17.3 Å². The van der Waals surface area contributed by atoms with Crippen molar-refractivity contribution in [2.45, 2.75) is 12.8 Å². The van der Waals surface area contributed by atoms with Gasteiger partial charge in [0, 0.05) is 18.9 Å². The first-order chi connectivity index (χ1) is 12.5. The van der Waals surface area contributed by atoms with Gasteiger partial charge < -0.3 is 9.84 Å². The fourth-order valence-electron chi connectivity index (χ4n) is 2.28. The Labute approximate surface area is 146 Å². The lowest BCUT2D eigenvalue weighted by Gasteiger charge is -2.04. The second kappa shape index (κ2) is 7.51. The molecule has 1 aromatic heterocycles. The summed E-state index contributed by atoms with van der Waals surface area (Å²) < 4.78 is 18.7. The average Bonchev–Trinajstić information content (AvgIpc) is 3.09. The third-order valence-electron chi connectivity index (χ3n) is 3.52. The predicted octanol–water partition coefficient (Wildman–Crippen LogP) is 3.36. The number of nitro benzene ring substituents is 1. The van der Waals surface area contributed by atoms with Crippen LogP contribution in [0.2, 0.25) is 0 Å². The molecule has 3 aromatic rings. The van der Waals surface area contributed by atoms with Crippen LogP contribution in [-0.4, -0.2) is 21.0 Å². The standard InChI is InChI=1S/C17H13FN4O4/c18-12-6-2-1-5-11(12)17-20-16(26-21-17)10-9-15(23)19-13-7-3-4-8-14(13)22(24)25/h1-8H,9-10H2,(H,19,23). The topological polar surface area (TPSA) is 111 Å². The molecular weight excluding hydrogens is 343 g/mol. The summed E-state index contributed by atoms with van der Waals surface area (Å²) in [6, 6.07) is 11.8. The van der Waals surface area contributed by atoms with Crippen molar-refractivity contribution in [3.63, 3.8) is 0 Å². The van der Waals surface area contributed by atoms with Gasteiger partial charge in [-0.2, -0.15) is 4.98 Å². The molecule has 0 aliphatic heterocycles. The Hall–Kier alpha value is -3.62. The van der Waals surface area contributed by atoms with Gasteiger partial charge in [0.1, 0.15) is 11.5 Å². The Morgan fingerprint density at radius 1 is 1.19 bits per heavy atom. The number of hydrogen-bond acceptors (Lipinski definition) is 6. The van der Waals surface area contributed by atoms with Crippen LogP contribution in [0.4, 0.5) is 15.8 Å². The van der Waals surface area contributed by atoms with Gasteiger partial charge in [0.25, 0.3) is 5.69 Å². The zero-order valence-electron chi connectivity index (χ0n) is 13.4. The van der Waals surface area contributed by atoms with Crippen LogP contribution in [0.5, 0.6) is 0 Å². The molecule has 0 aliphatic carbocycles. The molecule has 9 heteroatoms. The summed E-state index contributed by atoms with van der Waals surface area (Å²) in [7, 11) is 0. The summed E-state index contributed by atoms with van der Waals surface area (Å²) in [6.45, 7) is 0. The van der Waals surface area contributed by atoms with E-state index in [2.05, 4.69) is 15.5 Å². The zero-order chi connectivity index (χ0) is 18.5. The first-order valence-corrected chi connectivity index (χ1v) is 7.65. The molecule has 3 rings (SSSR count). The smallest absolute Gasteiger partial charge is 0.292 e.